The summed E-state index contributed by atoms with van der Waals surface area (Å²) < 4.78 is 12.2. The number of benzene rings is 3. The zero-order valence-electron chi connectivity index (χ0n) is 19.4. The van der Waals surface area contributed by atoms with Crippen molar-refractivity contribution >= 4 is 0 Å². The van der Waals surface area contributed by atoms with Gasteiger partial charge in [-0.25, -0.2) is 0 Å². The lowest BCUT2D eigenvalue weighted by Gasteiger charge is -2.36. The van der Waals surface area contributed by atoms with Gasteiger partial charge in [-0.15, -0.1) is 0 Å². The number of ether oxygens (including phenoxy) is 2. The molecular weight excluding hydrogens is 396 g/mol. The normalized spacial score (nSPS) is 15.3. The average molecular weight is 431 g/mol. The fourth-order valence-corrected chi connectivity index (χ4v) is 4.54. The van der Waals surface area contributed by atoms with Crippen molar-refractivity contribution in [1.82, 2.24) is 10.2 Å². The van der Waals surface area contributed by atoms with Crippen LogP contribution >= 0.6 is 0 Å². The third-order valence-electron chi connectivity index (χ3n) is 5.90. The van der Waals surface area contributed by atoms with E-state index in [0.29, 0.717) is 13.2 Å². The summed E-state index contributed by atoms with van der Waals surface area (Å²) in [6, 6.07) is 23.8. The van der Waals surface area contributed by atoms with Crippen LogP contribution in [0.3, 0.4) is 0 Å². The first-order valence-corrected chi connectivity index (χ1v) is 11.6. The molecule has 1 atom stereocenters. The fourth-order valence-electron chi connectivity index (χ4n) is 4.54. The van der Waals surface area contributed by atoms with E-state index in [1.165, 1.54) is 22.3 Å². The molecule has 1 fully saturated rings. The number of aryl methyl sites for hydroxylation is 2. The van der Waals surface area contributed by atoms with E-state index in [4.69, 9.17) is 9.47 Å². The van der Waals surface area contributed by atoms with Crippen LogP contribution in [0.2, 0.25) is 0 Å². The largest absolute Gasteiger partial charge is 0.490 e. The molecule has 0 aromatic heterocycles. The molecule has 0 amide bonds. The van der Waals surface area contributed by atoms with Gasteiger partial charge in [-0.1, -0.05) is 65.7 Å². The summed E-state index contributed by atoms with van der Waals surface area (Å²) in [7, 11) is 0. The van der Waals surface area contributed by atoms with Gasteiger partial charge >= 0.3 is 0 Å². The predicted octanol–water partition coefficient (Wildman–Crippen LogP) is 5.28. The maximum Gasteiger partial charge on any atom is 0.161 e. The molecule has 1 unspecified atom stereocenters. The van der Waals surface area contributed by atoms with E-state index >= 15 is 0 Å². The van der Waals surface area contributed by atoms with Crippen molar-refractivity contribution in [3.63, 3.8) is 0 Å². The molecule has 168 valence electrons. The van der Waals surface area contributed by atoms with E-state index in [1.54, 1.807) is 0 Å². The SMILES string of the molecule is CCOc1cc(C(c2cc(C)cc(C)c2)N2CCNCC2)ccc1OCc1ccccc1. The quantitative estimate of drug-likeness (QED) is 0.527. The molecule has 4 rings (SSSR count). The van der Waals surface area contributed by atoms with Crippen LogP contribution in [-0.2, 0) is 6.61 Å². The summed E-state index contributed by atoms with van der Waals surface area (Å²) in [5.74, 6) is 1.60. The van der Waals surface area contributed by atoms with E-state index in [1.807, 2.05) is 25.1 Å². The van der Waals surface area contributed by atoms with Gasteiger partial charge in [-0.05, 0) is 49.6 Å². The Bertz CT molecular complexity index is 993. The summed E-state index contributed by atoms with van der Waals surface area (Å²) >= 11 is 0. The average Bonchev–Trinajstić information content (AvgIpc) is 2.80. The van der Waals surface area contributed by atoms with E-state index in [-0.39, 0.29) is 6.04 Å². The van der Waals surface area contributed by atoms with Crippen LogP contribution in [0.1, 0.15) is 40.8 Å². The second-order valence-corrected chi connectivity index (χ2v) is 8.52. The van der Waals surface area contributed by atoms with Crippen molar-refractivity contribution in [2.75, 3.05) is 32.8 Å². The Morgan fingerprint density at radius 3 is 2.22 bits per heavy atom. The first-order chi connectivity index (χ1) is 15.6. The molecule has 4 heteroatoms. The van der Waals surface area contributed by atoms with Crippen LogP contribution < -0.4 is 14.8 Å². The van der Waals surface area contributed by atoms with E-state index in [2.05, 4.69) is 72.6 Å². The summed E-state index contributed by atoms with van der Waals surface area (Å²) in [6.45, 7) is 11.6. The van der Waals surface area contributed by atoms with Gasteiger partial charge in [0.15, 0.2) is 11.5 Å². The first-order valence-electron chi connectivity index (χ1n) is 11.6. The van der Waals surface area contributed by atoms with E-state index in [0.717, 1.165) is 43.2 Å². The molecule has 1 saturated heterocycles. The summed E-state index contributed by atoms with van der Waals surface area (Å²) in [4.78, 5) is 2.57. The van der Waals surface area contributed by atoms with Crippen LogP contribution in [0, 0.1) is 13.8 Å². The Balaban J connectivity index is 1.67. The number of rotatable bonds is 8. The minimum absolute atomic E-state index is 0.193. The molecule has 1 aliphatic rings. The van der Waals surface area contributed by atoms with Gasteiger partial charge in [0.1, 0.15) is 6.61 Å². The Kier molecular flexibility index (Phi) is 7.46. The zero-order valence-corrected chi connectivity index (χ0v) is 19.4. The molecule has 1 aliphatic heterocycles. The number of nitrogens with zero attached hydrogens (tertiary/aromatic N) is 1. The Morgan fingerprint density at radius 2 is 1.53 bits per heavy atom. The molecule has 0 spiro atoms. The number of hydrogen-bond acceptors (Lipinski definition) is 4. The highest BCUT2D eigenvalue weighted by atomic mass is 16.5. The topological polar surface area (TPSA) is 33.7 Å². The van der Waals surface area contributed by atoms with Crippen LogP contribution in [-0.4, -0.2) is 37.7 Å². The molecule has 4 nitrogen and oxygen atoms in total. The summed E-state index contributed by atoms with van der Waals surface area (Å²) in [6.07, 6.45) is 0. The third kappa shape index (κ3) is 5.50. The lowest BCUT2D eigenvalue weighted by Crippen LogP contribution is -2.45. The Morgan fingerprint density at radius 1 is 0.812 bits per heavy atom. The second-order valence-electron chi connectivity index (χ2n) is 8.52. The highest BCUT2D eigenvalue weighted by molar-refractivity contribution is 5.47. The van der Waals surface area contributed by atoms with Gasteiger partial charge in [0.05, 0.1) is 12.6 Å². The van der Waals surface area contributed by atoms with Gasteiger partial charge in [-0.2, -0.15) is 0 Å². The minimum Gasteiger partial charge on any atom is -0.490 e. The van der Waals surface area contributed by atoms with Crippen LogP contribution in [0.15, 0.2) is 66.7 Å². The lowest BCUT2D eigenvalue weighted by molar-refractivity contribution is 0.197. The van der Waals surface area contributed by atoms with Gasteiger partial charge in [0, 0.05) is 26.2 Å². The van der Waals surface area contributed by atoms with Gasteiger partial charge in [0.2, 0.25) is 0 Å². The summed E-state index contributed by atoms with van der Waals surface area (Å²) in [5, 5.41) is 3.48. The zero-order chi connectivity index (χ0) is 22.3. The molecule has 0 bridgehead atoms. The Hall–Kier alpha value is -2.82. The van der Waals surface area contributed by atoms with E-state index < -0.39 is 0 Å². The molecule has 1 N–H and O–H groups in total. The lowest BCUT2D eigenvalue weighted by atomic mass is 9.93. The van der Waals surface area contributed by atoms with Crippen molar-refractivity contribution < 1.29 is 9.47 Å². The standard InChI is InChI=1S/C28H34N2O2/c1-4-31-27-19-24(10-11-26(27)32-20-23-8-6-5-7-9-23)28(30-14-12-29-13-15-30)25-17-21(2)16-22(3)18-25/h5-11,16-19,28-29H,4,12-15,20H2,1-3H3. The van der Waals surface area contributed by atoms with Crippen molar-refractivity contribution in [3.8, 4) is 11.5 Å². The van der Waals surface area contributed by atoms with Crippen LogP contribution in [0.5, 0.6) is 11.5 Å². The number of piperazine rings is 1. The summed E-state index contributed by atoms with van der Waals surface area (Å²) in [5.41, 5.74) is 6.33. The molecule has 3 aromatic rings. The second kappa shape index (κ2) is 10.7. The van der Waals surface area contributed by atoms with Gasteiger partial charge < -0.3 is 14.8 Å². The molecule has 0 saturated carbocycles. The number of nitrogens with one attached hydrogen (secondary N) is 1. The monoisotopic (exact) mass is 430 g/mol. The molecule has 3 aromatic carbocycles. The molecular formula is C28H34N2O2. The van der Waals surface area contributed by atoms with Crippen molar-refractivity contribution in [2.24, 2.45) is 0 Å². The van der Waals surface area contributed by atoms with Crippen LogP contribution in [0.25, 0.3) is 0 Å². The van der Waals surface area contributed by atoms with Gasteiger partial charge in [0.25, 0.3) is 0 Å². The fraction of sp³-hybridized carbons (Fsp3) is 0.357. The highest BCUT2D eigenvalue weighted by Gasteiger charge is 2.25. The smallest absolute Gasteiger partial charge is 0.161 e. The predicted molar refractivity (Wildman–Crippen MR) is 131 cm³/mol. The molecule has 32 heavy (non-hydrogen) atoms. The van der Waals surface area contributed by atoms with Crippen molar-refractivity contribution in [3.05, 3.63) is 94.5 Å². The molecule has 1 heterocycles. The van der Waals surface area contributed by atoms with Crippen LogP contribution in [0.4, 0.5) is 0 Å². The maximum atomic E-state index is 6.15. The minimum atomic E-state index is 0.193. The first kappa shape index (κ1) is 22.4. The van der Waals surface area contributed by atoms with Crippen molar-refractivity contribution in [2.45, 2.75) is 33.4 Å². The highest BCUT2D eigenvalue weighted by Crippen LogP contribution is 2.36. The van der Waals surface area contributed by atoms with Crippen molar-refractivity contribution in [1.29, 1.82) is 0 Å². The number of hydrogen-bond donors (Lipinski definition) is 1. The molecule has 0 aliphatic carbocycles. The van der Waals surface area contributed by atoms with Gasteiger partial charge in [-0.3, -0.25) is 4.90 Å². The third-order valence-corrected chi connectivity index (χ3v) is 5.90. The maximum absolute atomic E-state index is 6.15. The Labute approximate surface area is 192 Å². The molecule has 0 radical (unpaired) electrons. The van der Waals surface area contributed by atoms with E-state index in [9.17, 15) is 0 Å².